The Bertz CT molecular complexity index is 664. The third kappa shape index (κ3) is 2.72. The van der Waals surface area contributed by atoms with Gasteiger partial charge in [0.05, 0.1) is 14.6 Å². The van der Waals surface area contributed by atoms with Crippen LogP contribution in [-0.4, -0.2) is 15.5 Å². The van der Waals surface area contributed by atoms with E-state index in [2.05, 4.69) is 4.98 Å². The van der Waals surface area contributed by atoms with Crippen LogP contribution in [0.1, 0.15) is 12.8 Å². The van der Waals surface area contributed by atoms with Crippen molar-refractivity contribution < 1.29 is 9.18 Å². The molecule has 4 nitrogen and oxygen atoms in total. The van der Waals surface area contributed by atoms with Crippen LogP contribution in [0.3, 0.4) is 0 Å². The molecule has 0 atom stereocenters. The molecule has 2 rings (SSSR count). The van der Waals surface area contributed by atoms with Gasteiger partial charge in [0.2, 0.25) is 5.91 Å². The lowest BCUT2D eigenvalue weighted by Gasteiger charge is -2.03. The van der Waals surface area contributed by atoms with Gasteiger partial charge in [-0.25, -0.2) is 4.39 Å². The molecular formula is C11H11FIN3OS. The summed E-state index contributed by atoms with van der Waals surface area (Å²) in [6.07, 6.45) is 0.880. The highest BCUT2D eigenvalue weighted by molar-refractivity contribution is 14.1. The van der Waals surface area contributed by atoms with E-state index < -0.39 is 0 Å². The summed E-state index contributed by atoms with van der Waals surface area (Å²) in [5, 5.41) is 0. The SMILES string of the molecule is NC(=O)CCCn1c(=S)[nH]c2cc(I)c(F)cc21. The molecule has 0 bridgehead atoms. The Kier molecular flexibility index (Phi) is 4.00. The molecule has 0 unspecified atom stereocenters. The largest absolute Gasteiger partial charge is 0.370 e. The first-order valence-electron chi connectivity index (χ1n) is 5.35. The second kappa shape index (κ2) is 5.35. The summed E-state index contributed by atoms with van der Waals surface area (Å²) in [4.78, 5) is 13.7. The van der Waals surface area contributed by atoms with E-state index in [1.165, 1.54) is 6.07 Å². The number of hydrogen-bond acceptors (Lipinski definition) is 2. The molecule has 18 heavy (non-hydrogen) atoms. The molecule has 2 aromatic rings. The number of halogens is 2. The summed E-state index contributed by atoms with van der Waals surface area (Å²) in [6.45, 7) is 0.543. The van der Waals surface area contributed by atoms with Gasteiger partial charge in [-0.1, -0.05) is 0 Å². The number of amides is 1. The lowest BCUT2D eigenvalue weighted by Crippen LogP contribution is -2.11. The minimum Gasteiger partial charge on any atom is -0.370 e. The lowest BCUT2D eigenvalue weighted by atomic mass is 10.2. The Labute approximate surface area is 121 Å². The zero-order chi connectivity index (χ0) is 13.3. The number of hydrogen-bond donors (Lipinski definition) is 2. The number of fused-ring (bicyclic) bond motifs is 1. The van der Waals surface area contributed by atoms with E-state index in [0.29, 0.717) is 33.2 Å². The summed E-state index contributed by atoms with van der Waals surface area (Å²) in [7, 11) is 0. The molecule has 0 aliphatic rings. The predicted octanol–water partition coefficient (Wildman–Crippen LogP) is 2.71. The van der Waals surface area contributed by atoms with E-state index >= 15 is 0 Å². The highest BCUT2D eigenvalue weighted by atomic mass is 127. The fourth-order valence-electron chi connectivity index (χ4n) is 1.79. The second-order valence-electron chi connectivity index (χ2n) is 3.94. The van der Waals surface area contributed by atoms with E-state index in [-0.39, 0.29) is 11.7 Å². The number of rotatable bonds is 4. The molecule has 1 aromatic heterocycles. The van der Waals surface area contributed by atoms with Gasteiger partial charge in [-0.3, -0.25) is 4.79 Å². The summed E-state index contributed by atoms with van der Waals surface area (Å²) >= 11 is 7.12. The lowest BCUT2D eigenvalue weighted by molar-refractivity contribution is -0.118. The third-order valence-electron chi connectivity index (χ3n) is 2.62. The standard InChI is InChI=1S/C11H11FIN3OS/c12-6-4-9-8(5-7(6)13)15-11(18)16(9)3-1-2-10(14)17/h4-5H,1-3H2,(H2,14,17)(H,15,18). The number of carbonyl (C=O) groups excluding carboxylic acids is 1. The molecule has 0 saturated carbocycles. The van der Waals surface area contributed by atoms with Crippen molar-refractivity contribution in [3.8, 4) is 0 Å². The van der Waals surface area contributed by atoms with Gasteiger partial charge in [0.25, 0.3) is 0 Å². The molecule has 96 valence electrons. The van der Waals surface area contributed by atoms with Crippen LogP contribution in [-0.2, 0) is 11.3 Å². The van der Waals surface area contributed by atoms with Gasteiger partial charge in [0.15, 0.2) is 4.77 Å². The van der Waals surface area contributed by atoms with E-state index in [1.54, 1.807) is 10.6 Å². The summed E-state index contributed by atoms with van der Waals surface area (Å²) in [5.41, 5.74) is 6.59. The summed E-state index contributed by atoms with van der Waals surface area (Å²) < 4.78 is 16.4. The van der Waals surface area contributed by atoms with E-state index in [0.717, 1.165) is 5.52 Å². The molecule has 1 heterocycles. The molecule has 0 spiro atoms. The van der Waals surface area contributed by atoms with Crippen molar-refractivity contribution in [2.45, 2.75) is 19.4 Å². The van der Waals surface area contributed by atoms with Crippen LogP contribution in [0.4, 0.5) is 4.39 Å². The summed E-state index contributed by atoms with van der Waals surface area (Å²) in [6, 6.07) is 3.17. The molecule has 0 aliphatic carbocycles. The predicted molar refractivity (Wildman–Crippen MR) is 78.2 cm³/mol. The minimum absolute atomic E-state index is 0.277. The molecule has 1 aromatic carbocycles. The quantitative estimate of drug-likeness (QED) is 0.634. The molecule has 0 aliphatic heterocycles. The highest BCUT2D eigenvalue weighted by Gasteiger charge is 2.08. The number of aryl methyl sites for hydroxylation is 1. The number of nitrogens with two attached hydrogens (primary N) is 1. The maximum absolute atomic E-state index is 13.5. The van der Waals surface area contributed by atoms with Gasteiger partial charge < -0.3 is 15.3 Å². The Hall–Kier alpha value is -0.960. The first-order valence-corrected chi connectivity index (χ1v) is 6.83. The van der Waals surface area contributed by atoms with E-state index in [4.69, 9.17) is 18.0 Å². The van der Waals surface area contributed by atoms with Gasteiger partial charge in [-0.2, -0.15) is 0 Å². The van der Waals surface area contributed by atoms with Crippen LogP contribution < -0.4 is 5.73 Å². The van der Waals surface area contributed by atoms with Gasteiger partial charge in [-0.05, 0) is 47.3 Å². The average molecular weight is 379 g/mol. The van der Waals surface area contributed by atoms with Crippen LogP contribution in [0.2, 0.25) is 0 Å². The van der Waals surface area contributed by atoms with Crippen LogP contribution in [0.25, 0.3) is 11.0 Å². The van der Waals surface area contributed by atoms with Gasteiger partial charge >= 0.3 is 0 Å². The molecule has 3 N–H and O–H groups in total. The Morgan fingerprint density at radius 3 is 2.94 bits per heavy atom. The number of aromatic nitrogens is 2. The average Bonchev–Trinajstić information content (AvgIpc) is 2.56. The highest BCUT2D eigenvalue weighted by Crippen LogP contribution is 2.21. The van der Waals surface area contributed by atoms with Gasteiger partial charge in [0.1, 0.15) is 5.82 Å². The third-order valence-corrected chi connectivity index (χ3v) is 3.77. The molecule has 0 radical (unpaired) electrons. The van der Waals surface area contributed by atoms with Crippen molar-refractivity contribution in [1.29, 1.82) is 0 Å². The van der Waals surface area contributed by atoms with E-state index in [9.17, 15) is 9.18 Å². The number of primary amides is 1. The maximum Gasteiger partial charge on any atom is 0.217 e. The van der Waals surface area contributed by atoms with Crippen molar-refractivity contribution in [2.24, 2.45) is 5.73 Å². The first kappa shape index (κ1) is 13.5. The molecule has 0 saturated heterocycles. The topological polar surface area (TPSA) is 63.8 Å². The van der Waals surface area contributed by atoms with Crippen molar-refractivity contribution in [3.63, 3.8) is 0 Å². The summed E-state index contributed by atoms with van der Waals surface area (Å²) in [5.74, 6) is -0.622. The Morgan fingerprint density at radius 1 is 1.56 bits per heavy atom. The molecule has 0 fully saturated rings. The molecular weight excluding hydrogens is 368 g/mol. The number of benzene rings is 1. The monoisotopic (exact) mass is 379 g/mol. The number of H-pyrrole nitrogens is 1. The van der Waals surface area contributed by atoms with Crippen LogP contribution >= 0.6 is 34.8 Å². The number of nitrogens with one attached hydrogen (secondary N) is 1. The number of imidazole rings is 1. The first-order chi connectivity index (χ1) is 8.49. The maximum atomic E-state index is 13.5. The van der Waals surface area contributed by atoms with E-state index in [1.807, 2.05) is 22.6 Å². The van der Waals surface area contributed by atoms with Crippen molar-refractivity contribution in [1.82, 2.24) is 9.55 Å². The zero-order valence-electron chi connectivity index (χ0n) is 9.37. The van der Waals surface area contributed by atoms with Crippen molar-refractivity contribution in [2.75, 3.05) is 0 Å². The van der Waals surface area contributed by atoms with Crippen LogP contribution in [0, 0.1) is 14.2 Å². The van der Waals surface area contributed by atoms with Crippen molar-refractivity contribution >= 4 is 51.7 Å². The van der Waals surface area contributed by atoms with Crippen LogP contribution in [0.15, 0.2) is 12.1 Å². The van der Waals surface area contributed by atoms with Crippen molar-refractivity contribution in [3.05, 3.63) is 26.3 Å². The molecule has 1 amide bonds. The smallest absolute Gasteiger partial charge is 0.217 e. The molecule has 7 heteroatoms. The Morgan fingerprint density at radius 2 is 2.28 bits per heavy atom. The second-order valence-corrected chi connectivity index (χ2v) is 5.48. The zero-order valence-corrected chi connectivity index (χ0v) is 12.3. The number of carbonyl (C=O) groups is 1. The fraction of sp³-hybridized carbons (Fsp3) is 0.273. The van der Waals surface area contributed by atoms with Gasteiger partial charge in [0, 0.05) is 19.0 Å². The minimum atomic E-state index is -0.345. The number of aromatic amines is 1. The Balaban J connectivity index is 2.37. The van der Waals surface area contributed by atoms with Crippen LogP contribution in [0.5, 0.6) is 0 Å². The van der Waals surface area contributed by atoms with Gasteiger partial charge in [-0.15, -0.1) is 0 Å². The fourth-order valence-corrected chi connectivity index (χ4v) is 2.55. The number of nitrogens with zero attached hydrogens (tertiary/aromatic N) is 1. The normalized spacial score (nSPS) is 11.0.